The molecule has 1 fully saturated rings. The van der Waals surface area contributed by atoms with Crippen molar-refractivity contribution in [2.45, 2.75) is 39.0 Å². The summed E-state index contributed by atoms with van der Waals surface area (Å²) in [5, 5.41) is 0. The molecule has 1 aliphatic heterocycles. The highest BCUT2D eigenvalue weighted by molar-refractivity contribution is 5.26. The van der Waals surface area contributed by atoms with E-state index >= 15 is 0 Å². The Morgan fingerprint density at radius 3 is 2.47 bits per heavy atom. The van der Waals surface area contributed by atoms with E-state index in [0.29, 0.717) is 0 Å². The molecule has 2 nitrogen and oxygen atoms in total. The monoisotopic (exact) mass is 260 g/mol. The Bertz CT molecular complexity index is 341. The van der Waals surface area contributed by atoms with Crippen LogP contribution in [0.15, 0.2) is 24.3 Å². The summed E-state index contributed by atoms with van der Waals surface area (Å²) in [6.45, 7) is 6.73. The van der Waals surface area contributed by atoms with Crippen LogP contribution in [0.1, 0.15) is 37.7 Å². The second-order valence-corrected chi connectivity index (χ2v) is 5.43. The maximum atomic E-state index is 5.73. The largest absolute Gasteiger partial charge is 0.494 e. The van der Waals surface area contributed by atoms with Gasteiger partial charge >= 0.3 is 0 Å². The first-order chi connectivity index (χ1) is 9.34. The van der Waals surface area contributed by atoms with E-state index in [9.17, 15) is 0 Å². The fraction of sp³-hybridized carbons (Fsp3) is 0.588. The third kappa shape index (κ3) is 5.65. The Morgan fingerprint density at radius 2 is 1.74 bits per heavy atom. The molecule has 2 heteroatoms. The minimum Gasteiger partial charge on any atom is -0.494 e. The third-order valence-electron chi connectivity index (χ3n) is 3.71. The molecular formula is C17H26NO. The summed E-state index contributed by atoms with van der Waals surface area (Å²) in [6.07, 6.45) is 8.69. The van der Waals surface area contributed by atoms with Gasteiger partial charge in [-0.15, -0.1) is 0 Å². The zero-order valence-electron chi connectivity index (χ0n) is 12.1. The second-order valence-electron chi connectivity index (χ2n) is 5.43. The Labute approximate surface area is 117 Å². The van der Waals surface area contributed by atoms with Crippen LogP contribution >= 0.6 is 0 Å². The maximum absolute atomic E-state index is 5.73. The molecule has 0 bridgehead atoms. The zero-order chi connectivity index (χ0) is 13.3. The van der Waals surface area contributed by atoms with E-state index in [1.165, 1.54) is 50.9 Å². The normalized spacial score (nSPS) is 16.5. The lowest BCUT2D eigenvalue weighted by Gasteiger charge is -2.26. The van der Waals surface area contributed by atoms with Crippen LogP contribution in [0.2, 0.25) is 0 Å². The molecule has 1 heterocycles. The molecule has 0 spiro atoms. The minimum atomic E-state index is 0.844. The lowest BCUT2D eigenvalue weighted by Crippen LogP contribution is -2.30. The molecule has 0 aromatic heterocycles. The van der Waals surface area contributed by atoms with Crippen molar-refractivity contribution < 1.29 is 4.74 Å². The fourth-order valence-electron chi connectivity index (χ4n) is 2.47. The number of ether oxygens (including phenoxy) is 1. The van der Waals surface area contributed by atoms with Gasteiger partial charge in [0.15, 0.2) is 0 Å². The van der Waals surface area contributed by atoms with Crippen molar-refractivity contribution in [2.24, 2.45) is 0 Å². The quantitative estimate of drug-likeness (QED) is 0.691. The van der Waals surface area contributed by atoms with Crippen molar-refractivity contribution in [1.82, 2.24) is 4.90 Å². The summed E-state index contributed by atoms with van der Waals surface area (Å²) in [4.78, 5) is 2.58. The van der Waals surface area contributed by atoms with E-state index < -0.39 is 0 Å². The minimum absolute atomic E-state index is 0.844. The van der Waals surface area contributed by atoms with Crippen LogP contribution < -0.4 is 4.74 Å². The van der Waals surface area contributed by atoms with Gasteiger partial charge in [-0.3, -0.25) is 0 Å². The molecule has 0 aliphatic carbocycles. The highest BCUT2D eigenvalue weighted by atomic mass is 16.5. The average Bonchev–Trinajstić information content (AvgIpc) is 2.46. The van der Waals surface area contributed by atoms with Gasteiger partial charge in [-0.05, 0) is 77.2 Å². The van der Waals surface area contributed by atoms with Gasteiger partial charge in [0.05, 0.1) is 6.61 Å². The molecule has 105 valence electrons. The van der Waals surface area contributed by atoms with Crippen LogP contribution in [0.5, 0.6) is 5.75 Å². The summed E-state index contributed by atoms with van der Waals surface area (Å²) in [5.41, 5.74) is 1.28. The Balaban J connectivity index is 1.49. The van der Waals surface area contributed by atoms with Crippen molar-refractivity contribution in [1.29, 1.82) is 0 Å². The van der Waals surface area contributed by atoms with Crippen LogP contribution in [-0.2, 0) is 0 Å². The van der Waals surface area contributed by atoms with E-state index in [-0.39, 0.29) is 0 Å². The van der Waals surface area contributed by atoms with E-state index in [2.05, 4.69) is 42.5 Å². The topological polar surface area (TPSA) is 12.5 Å². The molecule has 2 rings (SSSR count). The second kappa shape index (κ2) is 8.21. The third-order valence-corrected chi connectivity index (χ3v) is 3.71. The molecule has 1 aromatic rings. The maximum Gasteiger partial charge on any atom is 0.119 e. The van der Waals surface area contributed by atoms with Crippen LogP contribution in [-0.4, -0.2) is 31.1 Å². The number of aryl methyl sites for hydroxylation is 1. The molecule has 1 saturated heterocycles. The molecule has 19 heavy (non-hydrogen) atoms. The van der Waals surface area contributed by atoms with Crippen molar-refractivity contribution in [3.05, 3.63) is 36.2 Å². The van der Waals surface area contributed by atoms with Gasteiger partial charge in [0, 0.05) is 0 Å². The summed E-state index contributed by atoms with van der Waals surface area (Å²) >= 11 is 0. The first-order valence-corrected chi connectivity index (χ1v) is 7.58. The van der Waals surface area contributed by atoms with Gasteiger partial charge < -0.3 is 9.64 Å². The average molecular weight is 260 g/mol. The predicted molar refractivity (Wildman–Crippen MR) is 80.5 cm³/mol. The lowest BCUT2D eigenvalue weighted by molar-refractivity contribution is 0.243. The van der Waals surface area contributed by atoms with E-state index in [0.717, 1.165) is 18.8 Å². The molecule has 1 aliphatic rings. The summed E-state index contributed by atoms with van der Waals surface area (Å²) < 4.78 is 5.73. The van der Waals surface area contributed by atoms with Crippen molar-refractivity contribution >= 4 is 0 Å². The number of benzene rings is 1. The molecule has 0 amide bonds. The first-order valence-electron chi connectivity index (χ1n) is 7.58. The van der Waals surface area contributed by atoms with E-state index in [1.54, 1.807) is 0 Å². The standard InChI is InChI=1S/C17H26NO/c1-16-8-10-17(11-9-16)19-15-7-3-6-14-18-12-4-2-5-13-18/h2,8-11H,3-7,12-15H2,1H3. The number of hydrogen-bond donors (Lipinski definition) is 0. The Morgan fingerprint density at radius 1 is 1.00 bits per heavy atom. The smallest absolute Gasteiger partial charge is 0.119 e. The zero-order valence-corrected chi connectivity index (χ0v) is 12.1. The van der Waals surface area contributed by atoms with Gasteiger partial charge in [-0.2, -0.15) is 0 Å². The summed E-state index contributed by atoms with van der Waals surface area (Å²) in [5.74, 6) is 0.997. The SMILES string of the molecule is Cc1ccc(OCCCCCN2CC[CH]CC2)cc1. The van der Waals surface area contributed by atoms with Crippen LogP contribution in [0, 0.1) is 13.3 Å². The van der Waals surface area contributed by atoms with E-state index in [1.807, 2.05) is 0 Å². The van der Waals surface area contributed by atoms with Crippen molar-refractivity contribution in [3.8, 4) is 5.75 Å². The molecule has 0 unspecified atom stereocenters. The Kier molecular flexibility index (Phi) is 6.22. The van der Waals surface area contributed by atoms with Crippen molar-refractivity contribution in [2.75, 3.05) is 26.2 Å². The fourth-order valence-corrected chi connectivity index (χ4v) is 2.47. The summed E-state index contributed by atoms with van der Waals surface area (Å²) in [6, 6.07) is 8.31. The van der Waals surface area contributed by atoms with Crippen molar-refractivity contribution in [3.63, 3.8) is 0 Å². The van der Waals surface area contributed by atoms with Gasteiger partial charge in [0.1, 0.15) is 5.75 Å². The molecule has 1 radical (unpaired) electrons. The number of nitrogens with zero attached hydrogens (tertiary/aromatic N) is 1. The van der Waals surface area contributed by atoms with E-state index in [4.69, 9.17) is 4.74 Å². The van der Waals surface area contributed by atoms with Gasteiger partial charge in [-0.1, -0.05) is 17.7 Å². The van der Waals surface area contributed by atoms with Crippen LogP contribution in [0.25, 0.3) is 0 Å². The Hall–Kier alpha value is -1.02. The number of unbranched alkanes of at least 4 members (excludes halogenated alkanes) is 2. The first kappa shape index (κ1) is 14.4. The van der Waals surface area contributed by atoms with Gasteiger partial charge in [-0.25, -0.2) is 0 Å². The molecular weight excluding hydrogens is 234 g/mol. The summed E-state index contributed by atoms with van der Waals surface area (Å²) in [7, 11) is 0. The highest BCUT2D eigenvalue weighted by Crippen LogP contribution is 2.12. The molecule has 0 saturated carbocycles. The highest BCUT2D eigenvalue weighted by Gasteiger charge is 2.08. The predicted octanol–water partition coefficient (Wildman–Crippen LogP) is 3.84. The molecule has 0 N–H and O–H groups in total. The number of likely N-dealkylation sites (tertiary alicyclic amines) is 1. The number of rotatable bonds is 7. The molecule has 1 aromatic carbocycles. The van der Waals surface area contributed by atoms with Crippen LogP contribution in [0.3, 0.4) is 0 Å². The van der Waals surface area contributed by atoms with Gasteiger partial charge in [0.25, 0.3) is 0 Å². The van der Waals surface area contributed by atoms with Gasteiger partial charge in [0.2, 0.25) is 0 Å². The van der Waals surface area contributed by atoms with Crippen LogP contribution in [0.4, 0.5) is 0 Å². The number of hydrogen-bond acceptors (Lipinski definition) is 2. The molecule has 0 atom stereocenters. The lowest BCUT2D eigenvalue weighted by atomic mass is 10.1. The number of piperidine rings is 1.